The summed E-state index contributed by atoms with van der Waals surface area (Å²) in [4.78, 5) is 0. The van der Waals surface area contributed by atoms with Crippen LogP contribution in [0.5, 0.6) is 0 Å². The fraction of sp³-hybridized carbons (Fsp3) is 0.400. The van der Waals surface area contributed by atoms with Crippen LogP contribution in [0.25, 0.3) is 0 Å². The van der Waals surface area contributed by atoms with Gasteiger partial charge in [-0.05, 0) is 13.0 Å². The monoisotopic (exact) mass is 295 g/mol. The fourth-order valence-corrected chi connectivity index (χ4v) is 2.05. The smallest absolute Gasteiger partial charge is 0.163 e. The number of benzene rings is 1. The quantitative estimate of drug-likeness (QED) is 0.796. The maximum absolute atomic E-state index is 13.7. The van der Waals surface area contributed by atoms with Crippen LogP contribution < -0.4 is 5.32 Å². The van der Waals surface area contributed by atoms with Gasteiger partial charge in [-0.25, -0.2) is 8.78 Å². The Morgan fingerprint density at radius 2 is 2.10 bits per heavy atom. The van der Waals surface area contributed by atoms with Gasteiger partial charge in [0, 0.05) is 37.0 Å². The van der Waals surface area contributed by atoms with Crippen LogP contribution in [-0.4, -0.2) is 30.0 Å². The molecule has 2 aromatic rings. The number of nitrogens with one attached hydrogen (secondary N) is 1. The molecule has 4 nitrogen and oxygen atoms in total. The number of hydrogen-bond donors (Lipinski definition) is 1. The van der Waals surface area contributed by atoms with Gasteiger partial charge in [0.05, 0.1) is 19.3 Å². The van der Waals surface area contributed by atoms with Gasteiger partial charge in [0.25, 0.3) is 0 Å². The van der Waals surface area contributed by atoms with E-state index in [-0.39, 0.29) is 6.54 Å². The molecule has 21 heavy (non-hydrogen) atoms. The SMILES string of the molecule is COCCNCc1cnn(Cc2cccc(F)c2F)c1C. The summed E-state index contributed by atoms with van der Waals surface area (Å²) >= 11 is 0. The highest BCUT2D eigenvalue weighted by Crippen LogP contribution is 2.15. The Hall–Kier alpha value is -1.79. The van der Waals surface area contributed by atoms with Crippen molar-refractivity contribution in [2.75, 3.05) is 20.3 Å². The maximum atomic E-state index is 13.7. The third-order valence-corrected chi connectivity index (χ3v) is 3.35. The molecule has 0 unspecified atom stereocenters. The molecule has 0 atom stereocenters. The summed E-state index contributed by atoms with van der Waals surface area (Å²) in [6.45, 7) is 4.19. The van der Waals surface area contributed by atoms with Crippen LogP contribution in [0.2, 0.25) is 0 Å². The van der Waals surface area contributed by atoms with E-state index in [1.54, 1.807) is 24.1 Å². The normalized spacial score (nSPS) is 11.0. The topological polar surface area (TPSA) is 39.1 Å². The van der Waals surface area contributed by atoms with E-state index in [1.165, 1.54) is 6.07 Å². The lowest BCUT2D eigenvalue weighted by molar-refractivity contribution is 0.199. The van der Waals surface area contributed by atoms with Crippen LogP contribution in [0.4, 0.5) is 8.78 Å². The molecule has 0 bridgehead atoms. The highest BCUT2D eigenvalue weighted by Gasteiger charge is 2.11. The summed E-state index contributed by atoms with van der Waals surface area (Å²) in [5.74, 6) is -1.65. The highest BCUT2D eigenvalue weighted by atomic mass is 19.2. The van der Waals surface area contributed by atoms with Gasteiger partial charge < -0.3 is 10.1 Å². The molecular formula is C15H19F2N3O. The Morgan fingerprint density at radius 1 is 1.29 bits per heavy atom. The van der Waals surface area contributed by atoms with Gasteiger partial charge in [0.2, 0.25) is 0 Å². The van der Waals surface area contributed by atoms with Crippen LogP contribution >= 0.6 is 0 Å². The largest absolute Gasteiger partial charge is 0.383 e. The van der Waals surface area contributed by atoms with E-state index < -0.39 is 11.6 Å². The van der Waals surface area contributed by atoms with E-state index in [2.05, 4.69) is 10.4 Å². The molecule has 0 aliphatic carbocycles. The molecule has 114 valence electrons. The van der Waals surface area contributed by atoms with Gasteiger partial charge >= 0.3 is 0 Å². The zero-order valence-corrected chi connectivity index (χ0v) is 12.2. The molecule has 0 aliphatic rings. The number of aromatic nitrogens is 2. The molecular weight excluding hydrogens is 276 g/mol. The number of methoxy groups -OCH3 is 1. The molecule has 0 radical (unpaired) electrons. The summed E-state index contributed by atoms with van der Waals surface area (Å²) in [5.41, 5.74) is 2.26. The van der Waals surface area contributed by atoms with Crippen LogP contribution in [0, 0.1) is 18.6 Å². The second-order valence-electron chi connectivity index (χ2n) is 4.80. The van der Waals surface area contributed by atoms with Crippen molar-refractivity contribution in [3.8, 4) is 0 Å². The minimum Gasteiger partial charge on any atom is -0.383 e. The number of nitrogens with zero attached hydrogens (tertiary/aromatic N) is 2. The van der Waals surface area contributed by atoms with Gasteiger partial charge in [-0.3, -0.25) is 4.68 Å². The first-order valence-corrected chi connectivity index (χ1v) is 6.77. The zero-order chi connectivity index (χ0) is 15.2. The van der Waals surface area contributed by atoms with Crippen molar-refractivity contribution in [2.45, 2.75) is 20.0 Å². The molecule has 1 aromatic heterocycles. The lowest BCUT2D eigenvalue weighted by Gasteiger charge is -2.08. The summed E-state index contributed by atoms with van der Waals surface area (Å²) in [7, 11) is 1.65. The molecule has 0 fully saturated rings. The number of halogens is 2. The zero-order valence-electron chi connectivity index (χ0n) is 12.2. The predicted octanol–water partition coefficient (Wildman–Crippen LogP) is 2.25. The second-order valence-corrected chi connectivity index (χ2v) is 4.80. The molecule has 0 spiro atoms. The minimum atomic E-state index is -0.834. The Morgan fingerprint density at radius 3 is 2.86 bits per heavy atom. The number of hydrogen-bond acceptors (Lipinski definition) is 3. The summed E-state index contributed by atoms with van der Waals surface area (Å²) in [6, 6.07) is 4.18. The first-order valence-electron chi connectivity index (χ1n) is 6.77. The second kappa shape index (κ2) is 7.28. The molecule has 0 saturated heterocycles. The van der Waals surface area contributed by atoms with E-state index in [1.807, 2.05) is 6.92 Å². The Balaban J connectivity index is 2.04. The van der Waals surface area contributed by atoms with Crippen molar-refractivity contribution in [3.05, 3.63) is 52.9 Å². The lowest BCUT2D eigenvalue weighted by Crippen LogP contribution is -2.19. The van der Waals surface area contributed by atoms with Gasteiger partial charge in [-0.15, -0.1) is 0 Å². The third-order valence-electron chi connectivity index (χ3n) is 3.35. The first kappa shape index (κ1) is 15.6. The van der Waals surface area contributed by atoms with Crippen molar-refractivity contribution in [1.29, 1.82) is 0 Å². The van der Waals surface area contributed by atoms with E-state index in [4.69, 9.17) is 4.74 Å². The minimum absolute atomic E-state index is 0.216. The van der Waals surface area contributed by atoms with E-state index in [9.17, 15) is 8.78 Å². The molecule has 0 saturated carbocycles. The van der Waals surface area contributed by atoms with E-state index >= 15 is 0 Å². The molecule has 6 heteroatoms. The van der Waals surface area contributed by atoms with Crippen molar-refractivity contribution in [1.82, 2.24) is 15.1 Å². The van der Waals surface area contributed by atoms with Gasteiger partial charge in [0.1, 0.15) is 0 Å². The predicted molar refractivity (Wildman–Crippen MR) is 76.0 cm³/mol. The first-order chi connectivity index (χ1) is 10.1. The average Bonchev–Trinajstić information content (AvgIpc) is 2.81. The van der Waals surface area contributed by atoms with Crippen molar-refractivity contribution in [2.24, 2.45) is 0 Å². The van der Waals surface area contributed by atoms with Crippen molar-refractivity contribution < 1.29 is 13.5 Å². The summed E-state index contributed by atoms with van der Waals surface area (Å²) < 4.78 is 33.5. The summed E-state index contributed by atoms with van der Waals surface area (Å²) in [5, 5.41) is 7.47. The fourth-order valence-electron chi connectivity index (χ4n) is 2.05. The van der Waals surface area contributed by atoms with Crippen LogP contribution in [0.15, 0.2) is 24.4 Å². The molecule has 1 heterocycles. The molecule has 1 aromatic carbocycles. The molecule has 0 aliphatic heterocycles. The standard InChI is InChI=1S/C15H19F2N3O/c1-11-13(8-18-6-7-21-2)9-19-20(11)10-12-4-3-5-14(16)15(12)17/h3-5,9,18H,6-8,10H2,1-2H3. The maximum Gasteiger partial charge on any atom is 0.163 e. The van der Waals surface area contributed by atoms with Gasteiger partial charge in [-0.2, -0.15) is 5.10 Å². The van der Waals surface area contributed by atoms with Gasteiger partial charge in [0.15, 0.2) is 11.6 Å². The molecule has 0 amide bonds. The van der Waals surface area contributed by atoms with E-state index in [0.717, 1.165) is 23.9 Å². The van der Waals surface area contributed by atoms with Crippen molar-refractivity contribution >= 4 is 0 Å². The average molecular weight is 295 g/mol. The number of ether oxygens (including phenoxy) is 1. The highest BCUT2D eigenvalue weighted by molar-refractivity contribution is 5.22. The van der Waals surface area contributed by atoms with Crippen molar-refractivity contribution in [3.63, 3.8) is 0 Å². The molecule has 1 N–H and O–H groups in total. The lowest BCUT2D eigenvalue weighted by atomic mass is 10.2. The summed E-state index contributed by atoms with van der Waals surface area (Å²) in [6.07, 6.45) is 1.74. The van der Waals surface area contributed by atoms with Crippen LogP contribution in [-0.2, 0) is 17.8 Å². The van der Waals surface area contributed by atoms with Gasteiger partial charge in [-0.1, -0.05) is 12.1 Å². The van der Waals surface area contributed by atoms with Crippen LogP contribution in [0.3, 0.4) is 0 Å². The third kappa shape index (κ3) is 3.86. The molecule has 2 rings (SSSR count). The van der Waals surface area contributed by atoms with E-state index in [0.29, 0.717) is 18.7 Å². The number of rotatable bonds is 7. The van der Waals surface area contributed by atoms with Crippen LogP contribution in [0.1, 0.15) is 16.8 Å². The Labute approximate surface area is 122 Å². The Kier molecular flexibility index (Phi) is 5.41. The Bertz CT molecular complexity index is 599.